The van der Waals surface area contributed by atoms with Crippen LogP contribution in [0, 0.1) is 0 Å². The molecule has 10 heteroatoms. The lowest BCUT2D eigenvalue weighted by molar-refractivity contribution is -0.137. The highest BCUT2D eigenvalue weighted by Gasteiger charge is 2.29. The summed E-state index contributed by atoms with van der Waals surface area (Å²) in [7, 11) is 1.70. The van der Waals surface area contributed by atoms with E-state index in [0.717, 1.165) is 12.1 Å². The molecule has 1 amide bonds. The minimum absolute atomic E-state index is 0.187. The second-order valence-electron chi connectivity index (χ2n) is 4.65. The van der Waals surface area contributed by atoms with Crippen LogP contribution in [-0.4, -0.2) is 31.9 Å². The summed E-state index contributed by atoms with van der Waals surface area (Å²) in [6, 6.07) is 4.70. The number of alkyl halides is 3. The minimum Gasteiger partial charge on any atom is -0.352 e. The summed E-state index contributed by atoms with van der Waals surface area (Å²) in [5.41, 5.74) is -0.0993. The van der Waals surface area contributed by atoms with Crippen LogP contribution in [0.3, 0.4) is 0 Å². The first-order chi connectivity index (χ1) is 10.9. The van der Waals surface area contributed by atoms with Crippen LogP contribution in [0.5, 0.6) is 0 Å². The number of rotatable bonds is 6. The SMILES string of the molecule is Cn1nnnc1SCCC(=O)NCc1ccc(C(F)(F)F)cc1. The van der Waals surface area contributed by atoms with Crippen molar-refractivity contribution in [3.05, 3.63) is 35.4 Å². The molecule has 0 bridgehead atoms. The quantitative estimate of drug-likeness (QED) is 0.811. The Morgan fingerprint density at radius 1 is 1.30 bits per heavy atom. The lowest BCUT2D eigenvalue weighted by Gasteiger charge is -2.08. The Hall–Kier alpha value is -2.10. The fraction of sp³-hybridized carbons (Fsp3) is 0.385. The first kappa shape index (κ1) is 17.3. The zero-order valence-electron chi connectivity index (χ0n) is 12.2. The third kappa shape index (κ3) is 5.23. The third-order valence-corrected chi connectivity index (χ3v) is 3.92. The Kier molecular flexibility index (Phi) is 5.59. The van der Waals surface area contributed by atoms with Gasteiger partial charge < -0.3 is 5.32 Å². The smallest absolute Gasteiger partial charge is 0.352 e. The molecule has 1 N–H and O–H groups in total. The van der Waals surface area contributed by atoms with E-state index < -0.39 is 11.7 Å². The molecule has 23 heavy (non-hydrogen) atoms. The second kappa shape index (κ2) is 7.44. The van der Waals surface area contributed by atoms with Crippen LogP contribution in [0.2, 0.25) is 0 Å². The van der Waals surface area contributed by atoms with E-state index in [9.17, 15) is 18.0 Å². The average Bonchev–Trinajstić information content (AvgIpc) is 2.90. The number of thioether (sulfide) groups is 1. The molecule has 0 aliphatic rings. The van der Waals surface area contributed by atoms with E-state index in [0.29, 0.717) is 16.5 Å². The molecule has 0 atom stereocenters. The van der Waals surface area contributed by atoms with Crippen LogP contribution >= 0.6 is 11.8 Å². The standard InChI is InChI=1S/C13H14F3N5OS/c1-21-12(18-19-20-21)23-7-6-11(22)17-8-9-2-4-10(5-3-9)13(14,15)16/h2-5H,6-8H2,1H3,(H,17,22). The molecular formula is C13H14F3N5OS. The summed E-state index contributed by atoms with van der Waals surface area (Å²) >= 11 is 1.35. The highest BCUT2D eigenvalue weighted by molar-refractivity contribution is 7.99. The fourth-order valence-corrected chi connectivity index (χ4v) is 2.47. The van der Waals surface area contributed by atoms with Crippen LogP contribution in [-0.2, 0) is 24.6 Å². The van der Waals surface area contributed by atoms with E-state index in [1.54, 1.807) is 7.05 Å². The average molecular weight is 345 g/mol. The van der Waals surface area contributed by atoms with Gasteiger partial charge in [0.25, 0.3) is 0 Å². The number of carbonyl (C=O) groups excluding carboxylic acids is 1. The van der Waals surface area contributed by atoms with Crippen molar-refractivity contribution < 1.29 is 18.0 Å². The molecule has 0 saturated heterocycles. The molecule has 0 spiro atoms. The molecule has 0 radical (unpaired) electrons. The predicted molar refractivity (Wildman–Crippen MR) is 77.4 cm³/mol. The van der Waals surface area contributed by atoms with Crippen LogP contribution in [0.1, 0.15) is 17.5 Å². The Labute approximate surface area is 134 Å². The number of tetrazole rings is 1. The van der Waals surface area contributed by atoms with Gasteiger partial charge in [0.1, 0.15) is 0 Å². The molecule has 6 nitrogen and oxygen atoms in total. The van der Waals surface area contributed by atoms with Crippen molar-refractivity contribution in [3.63, 3.8) is 0 Å². The maximum Gasteiger partial charge on any atom is 0.416 e. The maximum atomic E-state index is 12.4. The molecule has 0 aliphatic heterocycles. The van der Waals surface area contributed by atoms with Crippen LogP contribution in [0.15, 0.2) is 29.4 Å². The van der Waals surface area contributed by atoms with Gasteiger partial charge in [-0.15, -0.1) is 5.10 Å². The zero-order valence-corrected chi connectivity index (χ0v) is 13.0. The number of carbonyl (C=O) groups is 1. The molecule has 1 aromatic heterocycles. The Morgan fingerprint density at radius 3 is 2.57 bits per heavy atom. The molecular weight excluding hydrogens is 331 g/mol. The molecule has 1 heterocycles. The van der Waals surface area contributed by atoms with Crippen molar-refractivity contribution >= 4 is 17.7 Å². The van der Waals surface area contributed by atoms with Crippen LogP contribution in [0.4, 0.5) is 13.2 Å². The summed E-state index contributed by atoms with van der Waals surface area (Å²) < 4.78 is 38.8. The van der Waals surface area contributed by atoms with Crippen LogP contribution in [0.25, 0.3) is 0 Å². The lowest BCUT2D eigenvalue weighted by Crippen LogP contribution is -2.23. The number of aromatic nitrogens is 4. The summed E-state index contributed by atoms with van der Waals surface area (Å²) in [5, 5.41) is 14.2. The van der Waals surface area contributed by atoms with E-state index in [2.05, 4.69) is 20.8 Å². The molecule has 1 aromatic carbocycles. The maximum absolute atomic E-state index is 12.4. The monoisotopic (exact) mass is 345 g/mol. The molecule has 124 valence electrons. The van der Waals surface area contributed by atoms with Crippen molar-refractivity contribution in [2.45, 2.75) is 24.3 Å². The third-order valence-electron chi connectivity index (χ3n) is 2.91. The Bertz CT molecular complexity index is 656. The van der Waals surface area contributed by atoms with Gasteiger partial charge in [-0.25, -0.2) is 4.68 Å². The van der Waals surface area contributed by atoms with Crippen molar-refractivity contribution in [1.82, 2.24) is 25.5 Å². The summed E-state index contributed by atoms with van der Waals surface area (Å²) in [5.74, 6) is 0.320. The van der Waals surface area contributed by atoms with Gasteiger partial charge in [-0.3, -0.25) is 4.79 Å². The summed E-state index contributed by atoms with van der Waals surface area (Å²) in [6.07, 6.45) is -4.09. The number of halogens is 3. The van der Waals surface area contributed by atoms with Gasteiger partial charge in [-0.2, -0.15) is 13.2 Å². The Balaban J connectivity index is 1.73. The largest absolute Gasteiger partial charge is 0.416 e. The van der Waals surface area contributed by atoms with E-state index in [1.807, 2.05) is 0 Å². The highest BCUT2D eigenvalue weighted by Crippen LogP contribution is 2.29. The zero-order chi connectivity index (χ0) is 16.9. The van der Waals surface area contributed by atoms with Gasteiger partial charge in [-0.05, 0) is 28.1 Å². The molecule has 2 rings (SSSR count). The lowest BCUT2D eigenvalue weighted by atomic mass is 10.1. The molecule has 0 aliphatic carbocycles. The minimum atomic E-state index is -4.35. The van der Waals surface area contributed by atoms with Gasteiger partial charge in [0.15, 0.2) is 0 Å². The first-order valence-corrected chi connectivity index (χ1v) is 7.63. The van der Waals surface area contributed by atoms with Crippen LogP contribution < -0.4 is 5.32 Å². The van der Waals surface area contributed by atoms with E-state index in [-0.39, 0.29) is 18.9 Å². The first-order valence-electron chi connectivity index (χ1n) is 6.64. The van der Waals surface area contributed by atoms with E-state index >= 15 is 0 Å². The van der Waals surface area contributed by atoms with Crippen molar-refractivity contribution in [2.75, 3.05) is 5.75 Å². The van der Waals surface area contributed by atoms with Gasteiger partial charge >= 0.3 is 6.18 Å². The molecule has 0 unspecified atom stereocenters. The number of nitrogens with one attached hydrogen (secondary N) is 1. The van der Waals surface area contributed by atoms with Crippen molar-refractivity contribution in [3.8, 4) is 0 Å². The molecule has 0 saturated carbocycles. The normalized spacial score (nSPS) is 11.5. The number of hydrogen-bond donors (Lipinski definition) is 1. The van der Waals surface area contributed by atoms with Crippen molar-refractivity contribution in [1.29, 1.82) is 0 Å². The highest BCUT2D eigenvalue weighted by atomic mass is 32.2. The fourth-order valence-electron chi connectivity index (χ4n) is 1.68. The Morgan fingerprint density at radius 2 is 2.00 bits per heavy atom. The van der Waals surface area contributed by atoms with Crippen molar-refractivity contribution in [2.24, 2.45) is 7.05 Å². The summed E-state index contributed by atoms with van der Waals surface area (Å²) in [6.45, 7) is 0.188. The van der Waals surface area contributed by atoms with Gasteiger partial charge in [0, 0.05) is 25.8 Å². The van der Waals surface area contributed by atoms with E-state index in [4.69, 9.17) is 0 Å². The molecule has 0 fully saturated rings. The topological polar surface area (TPSA) is 72.7 Å². The van der Waals surface area contributed by atoms with E-state index in [1.165, 1.54) is 28.6 Å². The van der Waals surface area contributed by atoms with Gasteiger partial charge in [0.2, 0.25) is 11.1 Å². The number of amides is 1. The van der Waals surface area contributed by atoms with Gasteiger partial charge in [0.05, 0.1) is 5.56 Å². The second-order valence-corrected chi connectivity index (χ2v) is 5.72. The predicted octanol–water partition coefficient (Wildman–Crippen LogP) is 2.03. The number of nitrogens with zero attached hydrogens (tertiary/aromatic N) is 4. The van der Waals surface area contributed by atoms with Gasteiger partial charge in [-0.1, -0.05) is 23.9 Å². The number of benzene rings is 1. The number of hydrogen-bond acceptors (Lipinski definition) is 5. The number of aryl methyl sites for hydroxylation is 1. The summed E-state index contributed by atoms with van der Waals surface area (Å²) in [4.78, 5) is 11.7. The molecule has 2 aromatic rings.